The number of nitrogens with one attached hydrogen (secondary N) is 1. The van der Waals surface area contributed by atoms with Crippen LogP contribution in [-0.2, 0) is 0 Å². The molecular weight excluding hydrogens is 473 g/mol. The second-order valence-corrected chi connectivity index (χ2v) is 11.5. The number of halogens is 1. The molecule has 0 radical (unpaired) electrons. The number of hydrogen-bond donors (Lipinski definition) is 1. The second kappa shape index (κ2) is 10.1. The molecule has 38 heavy (non-hydrogen) atoms. The number of aromatic amines is 1. The van der Waals surface area contributed by atoms with Crippen LogP contribution in [0.3, 0.4) is 0 Å². The minimum absolute atomic E-state index is 0.176. The fraction of sp³-hybridized carbons (Fsp3) is 0.469. The minimum atomic E-state index is -0.176. The molecule has 3 fully saturated rings. The number of aromatic nitrogens is 2. The van der Waals surface area contributed by atoms with Gasteiger partial charge in [0.05, 0.1) is 28.9 Å². The molecule has 5 nitrogen and oxygen atoms in total. The first-order chi connectivity index (χ1) is 18.5. The molecule has 3 aromatic rings. The average molecular weight is 512 g/mol. The van der Waals surface area contributed by atoms with E-state index in [0.717, 1.165) is 83.2 Å². The van der Waals surface area contributed by atoms with E-state index in [1.165, 1.54) is 32.4 Å². The summed E-state index contributed by atoms with van der Waals surface area (Å²) < 4.78 is 18.9. The van der Waals surface area contributed by atoms with Crippen LogP contribution in [0, 0.1) is 24.1 Å². The van der Waals surface area contributed by atoms with E-state index in [-0.39, 0.29) is 11.9 Å². The van der Waals surface area contributed by atoms with Crippen molar-refractivity contribution in [2.45, 2.75) is 70.4 Å². The number of rotatable bonds is 3. The predicted molar refractivity (Wildman–Crippen MR) is 155 cm³/mol. The third-order valence-corrected chi connectivity index (χ3v) is 9.18. The predicted octanol–water partition coefficient (Wildman–Crippen LogP) is 5.57. The highest BCUT2D eigenvalue weighted by Crippen LogP contribution is 2.37. The first-order valence-electron chi connectivity index (χ1n) is 14.3. The van der Waals surface area contributed by atoms with Crippen LogP contribution in [0.4, 0.5) is 10.1 Å². The number of aryl methyl sites for hydroxylation is 1. The van der Waals surface area contributed by atoms with Gasteiger partial charge in [0.1, 0.15) is 5.52 Å². The summed E-state index contributed by atoms with van der Waals surface area (Å²) in [6, 6.07) is 10.7. The topological polar surface area (TPSA) is 51.0 Å². The number of hydrogen-bond acceptors (Lipinski definition) is 3. The number of likely N-dealkylation sites (tertiary alicyclic amines) is 1. The Morgan fingerprint density at radius 3 is 2.26 bits per heavy atom. The van der Waals surface area contributed by atoms with Gasteiger partial charge in [-0.1, -0.05) is 25.6 Å². The number of nitrogens with zero attached hydrogens (tertiary/aromatic N) is 4. The Balaban J connectivity index is 1.52. The van der Waals surface area contributed by atoms with Gasteiger partial charge in [0.25, 0.3) is 0 Å². The largest absolute Gasteiger partial charge is 0.369 e. The Kier molecular flexibility index (Phi) is 6.65. The lowest BCUT2D eigenvalue weighted by molar-refractivity contribution is 0.141. The van der Waals surface area contributed by atoms with E-state index in [4.69, 9.17) is 0 Å². The van der Waals surface area contributed by atoms with E-state index >= 15 is 4.39 Å². The molecule has 3 heterocycles. The van der Waals surface area contributed by atoms with E-state index in [1.807, 2.05) is 23.7 Å². The van der Waals surface area contributed by atoms with Crippen LogP contribution in [0.15, 0.2) is 24.3 Å². The highest BCUT2D eigenvalue weighted by Gasteiger charge is 2.29. The molecular formula is C32H38FN5. The Bertz CT molecular complexity index is 1570. The molecule has 6 heteroatoms. The fourth-order valence-corrected chi connectivity index (χ4v) is 6.75. The van der Waals surface area contributed by atoms with Gasteiger partial charge >= 0.3 is 0 Å². The van der Waals surface area contributed by atoms with Crippen molar-refractivity contribution in [3.8, 4) is 6.07 Å². The molecule has 198 valence electrons. The maximum atomic E-state index is 16.9. The van der Waals surface area contributed by atoms with Crippen LogP contribution in [0.25, 0.3) is 35.0 Å². The van der Waals surface area contributed by atoms with Gasteiger partial charge in [0.15, 0.2) is 5.82 Å². The van der Waals surface area contributed by atoms with Crippen LogP contribution < -0.4 is 15.3 Å². The smallest absolute Gasteiger partial charge is 0.172 e. The number of benzene rings is 2. The van der Waals surface area contributed by atoms with Crippen LogP contribution in [0.1, 0.15) is 68.5 Å². The molecule has 1 aliphatic carbocycles. The molecule has 2 aliphatic heterocycles. The second-order valence-electron chi connectivity index (χ2n) is 11.5. The lowest BCUT2D eigenvalue weighted by Gasteiger charge is -2.41. The van der Waals surface area contributed by atoms with Crippen molar-refractivity contribution in [2.24, 2.45) is 0 Å². The maximum absolute atomic E-state index is 16.9. The fourth-order valence-electron chi connectivity index (χ4n) is 6.75. The Hall–Kier alpha value is -3.30. The summed E-state index contributed by atoms with van der Waals surface area (Å²) in [4.78, 5) is 4.93. The SMILES string of the molecule is C=c1c(=C)c2cc(C)c(N3CCC(N4CCCCC4)CC3)c(F)c2n(C2CCC2)[nH]c2cc(C#N)ccc12. The zero-order chi connectivity index (χ0) is 26.4. The Labute approximate surface area is 224 Å². The number of H-pyrrole nitrogens is 1. The van der Waals surface area contributed by atoms with E-state index in [2.05, 4.69) is 40.2 Å². The lowest BCUT2D eigenvalue weighted by Crippen LogP contribution is -2.47. The normalized spacial score (nSPS) is 19.4. The van der Waals surface area contributed by atoms with Crippen molar-refractivity contribution in [2.75, 3.05) is 31.1 Å². The van der Waals surface area contributed by atoms with Crippen molar-refractivity contribution in [3.63, 3.8) is 0 Å². The summed E-state index contributed by atoms with van der Waals surface area (Å²) in [6.45, 7) is 14.9. The molecule has 0 atom stereocenters. The van der Waals surface area contributed by atoms with E-state index in [0.29, 0.717) is 17.1 Å². The minimum Gasteiger partial charge on any atom is -0.369 e. The van der Waals surface area contributed by atoms with Crippen molar-refractivity contribution in [3.05, 3.63) is 51.6 Å². The number of anilines is 1. The lowest BCUT2D eigenvalue weighted by atomic mass is 9.92. The molecule has 0 amide bonds. The zero-order valence-corrected chi connectivity index (χ0v) is 22.5. The van der Waals surface area contributed by atoms with Crippen LogP contribution in [0.2, 0.25) is 0 Å². The summed E-state index contributed by atoms with van der Waals surface area (Å²) >= 11 is 0. The van der Waals surface area contributed by atoms with Gasteiger partial charge in [-0.25, -0.2) is 4.39 Å². The molecule has 1 N–H and O–H groups in total. The zero-order valence-electron chi connectivity index (χ0n) is 22.5. The van der Waals surface area contributed by atoms with Crippen LogP contribution in [-0.4, -0.2) is 46.9 Å². The van der Waals surface area contributed by atoms with E-state index in [9.17, 15) is 5.26 Å². The number of fused-ring (bicyclic) bond motifs is 2. The first kappa shape index (κ1) is 25.0. The van der Waals surface area contributed by atoms with Crippen molar-refractivity contribution in [1.29, 1.82) is 5.26 Å². The maximum Gasteiger partial charge on any atom is 0.172 e. The van der Waals surface area contributed by atoms with Gasteiger partial charge in [-0.05, 0) is 99.2 Å². The summed E-state index contributed by atoms with van der Waals surface area (Å²) in [5.74, 6) is -0.176. The highest BCUT2D eigenvalue weighted by molar-refractivity contribution is 5.89. The molecule has 1 saturated carbocycles. The average Bonchev–Trinajstić information content (AvgIpc) is 2.91. The van der Waals surface area contributed by atoms with Gasteiger partial charge in [-0.15, -0.1) is 0 Å². The van der Waals surface area contributed by atoms with E-state index < -0.39 is 0 Å². The van der Waals surface area contributed by atoms with Gasteiger partial charge in [0, 0.05) is 29.9 Å². The van der Waals surface area contributed by atoms with Gasteiger partial charge in [0.2, 0.25) is 0 Å². The molecule has 2 aromatic carbocycles. The highest BCUT2D eigenvalue weighted by atomic mass is 19.1. The summed E-state index contributed by atoms with van der Waals surface area (Å²) in [5.41, 5.74) is 3.56. The number of piperidine rings is 2. The standard InChI is InChI=1S/C32H38FN5/c1-21-18-28-23(3)22(2)27-11-10-24(20-34)19-29(27)35-38(26-8-7-9-26)32(28)30(33)31(21)37-16-12-25(13-17-37)36-14-5-4-6-15-36/h10-11,18-19,25-26,35H,2-9,12-17H2,1H3. The molecule has 1 aromatic heterocycles. The number of nitriles is 1. The third-order valence-electron chi connectivity index (χ3n) is 9.18. The van der Waals surface area contributed by atoms with Gasteiger partial charge in [-0.2, -0.15) is 5.26 Å². The summed E-state index contributed by atoms with van der Waals surface area (Å²) in [5, 5.41) is 16.2. The molecule has 3 aliphatic rings. The van der Waals surface area contributed by atoms with Crippen molar-refractivity contribution in [1.82, 2.24) is 14.7 Å². The van der Waals surface area contributed by atoms with E-state index in [1.54, 1.807) is 6.07 Å². The molecule has 2 saturated heterocycles. The molecule has 0 unspecified atom stereocenters. The quantitative estimate of drug-likeness (QED) is 0.501. The van der Waals surface area contributed by atoms with Crippen LogP contribution in [0.5, 0.6) is 0 Å². The van der Waals surface area contributed by atoms with Crippen LogP contribution >= 0.6 is 0 Å². The summed E-state index contributed by atoms with van der Waals surface area (Å²) in [6.07, 6.45) is 9.23. The van der Waals surface area contributed by atoms with Gasteiger partial charge in [-0.3, -0.25) is 9.78 Å². The molecule has 6 rings (SSSR count). The van der Waals surface area contributed by atoms with Crippen molar-refractivity contribution >= 4 is 40.7 Å². The third kappa shape index (κ3) is 4.27. The molecule has 0 spiro atoms. The Morgan fingerprint density at radius 1 is 0.895 bits per heavy atom. The monoisotopic (exact) mass is 511 g/mol. The van der Waals surface area contributed by atoms with Gasteiger partial charge < -0.3 is 9.80 Å². The summed E-state index contributed by atoms with van der Waals surface area (Å²) in [7, 11) is 0. The first-order valence-corrected chi connectivity index (χ1v) is 14.3. The molecule has 0 bridgehead atoms. The van der Waals surface area contributed by atoms with Crippen molar-refractivity contribution < 1.29 is 4.39 Å². The Morgan fingerprint density at radius 2 is 1.61 bits per heavy atom.